The zero-order chi connectivity index (χ0) is 23.6. The van der Waals surface area contributed by atoms with Crippen molar-refractivity contribution in [1.29, 1.82) is 0 Å². The van der Waals surface area contributed by atoms with Gasteiger partial charge >= 0.3 is 0 Å². The van der Waals surface area contributed by atoms with Crippen molar-refractivity contribution in [2.75, 3.05) is 0 Å². The van der Waals surface area contributed by atoms with E-state index in [1.165, 1.54) is 57.8 Å². The Morgan fingerprint density at radius 3 is 1.94 bits per heavy atom. The van der Waals surface area contributed by atoms with Gasteiger partial charge in [-0.05, 0) is 24.1 Å². The standard InChI is InChI=1S/C28H40N2O3/c1-2-3-4-5-6-7-8-9-10-11-15-22-27(31)29-30-28(32)25-20-16-17-21-26(25)33-23-24-18-13-12-14-19-24/h12-14,16-21H,2-11,15,22-23H2,1H3,(H,29,31)(H,30,32). The molecule has 0 bridgehead atoms. The summed E-state index contributed by atoms with van der Waals surface area (Å²) in [6.07, 6.45) is 14.1. The summed E-state index contributed by atoms with van der Waals surface area (Å²) < 4.78 is 5.82. The summed E-state index contributed by atoms with van der Waals surface area (Å²) in [5.74, 6) is -0.0635. The van der Waals surface area contributed by atoms with E-state index in [2.05, 4.69) is 17.8 Å². The largest absolute Gasteiger partial charge is 0.488 e. The number of para-hydroxylation sites is 1. The van der Waals surface area contributed by atoms with Gasteiger partial charge in [0, 0.05) is 6.42 Å². The van der Waals surface area contributed by atoms with Gasteiger partial charge in [0.15, 0.2) is 0 Å². The van der Waals surface area contributed by atoms with Crippen molar-refractivity contribution in [3.8, 4) is 5.75 Å². The van der Waals surface area contributed by atoms with Crippen molar-refractivity contribution in [3.63, 3.8) is 0 Å². The Hall–Kier alpha value is -2.82. The van der Waals surface area contributed by atoms with Crippen LogP contribution in [-0.4, -0.2) is 11.8 Å². The molecule has 0 radical (unpaired) electrons. The van der Waals surface area contributed by atoms with Crippen molar-refractivity contribution in [1.82, 2.24) is 10.9 Å². The van der Waals surface area contributed by atoms with Crippen molar-refractivity contribution >= 4 is 11.8 Å². The summed E-state index contributed by atoms with van der Waals surface area (Å²) in [4.78, 5) is 24.6. The molecule has 0 spiro atoms. The molecule has 2 N–H and O–H groups in total. The van der Waals surface area contributed by atoms with Crippen LogP contribution in [0.4, 0.5) is 0 Å². The zero-order valence-electron chi connectivity index (χ0n) is 20.1. The molecule has 33 heavy (non-hydrogen) atoms. The molecule has 5 heteroatoms. The molecule has 0 saturated heterocycles. The topological polar surface area (TPSA) is 67.4 Å². The van der Waals surface area contributed by atoms with Gasteiger partial charge in [-0.15, -0.1) is 0 Å². The van der Waals surface area contributed by atoms with Crippen LogP contribution in [0.3, 0.4) is 0 Å². The third-order valence-electron chi connectivity index (χ3n) is 5.69. The van der Waals surface area contributed by atoms with Crippen molar-refractivity contribution in [2.24, 2.45) is 0 Å². The smallest absolute Gasteiger partial charge is 0.273 e. The minimum absolute atomic E-state index is 0.165. The average Bonchev–Trinajstić information content (AvgIpc) is 2.85. The number of rotatable bonds is 16. The summed E-state index contributed by atoms with van der Waals surface area (Å²) in [5.41, 5.74) is 6.45. The minimum Gasteiger partial charge on any atom is -0.488 e. The van der Waals surface area contributed by atoms with Crippen LogP contribution in [0.5, 0.6) is 5.75 Å². The maximum absolute atomic E-state index is 12.5. The van der Waals surface area contributed by atoms with E-state index in [0.29, 0.717) is 24.3 Å². The van der Waals surface area contributed by atoms with Crippen molar-refractivity contribution in [3.05, 3.63) is 65.7 Å². The molecule has 0 atom stereocenters. The monoisotopic (exact) mass is 452 g/mol. The highest BCUT2D eigenvalue weighted by molar-refractivity contribution is 5.97. The molecule has 0 aliphatic heterocycles. The van der Waals surface area contributed by atoms with Crippen LogP contribution in [0.15, 0.2) is 54.6 Å². The Labute approximate surface area is 199 Å². The van der Waals surface area contributed by atoms with E-state index in [1.807, 2.05) is 36.4 Å². The molecule has 2 aromatic rings. The lowest BCUT2D eigenvalue weighted by atomic mass is 10.1. The molecule has 0 aromatic heterocycles. The first-order valence-corrected chi connectivity index (χ1v) is 12.6. The second-order valence-corrected chi connectivity index (χ2v) is 8.56. The Morgan fingerprint density at radius 2 is 1.27 bits per heavy atom. The molecule has 0 unspecified atom stereocenters. The van der Waals surface area contributed by atoms with Gasteiger partial charge in [0.05, 0.1) is 5.56 Å². The van der Waals surface area contributed by atoms with Crippen LogP contribution in [0.25, 0.3) is 0 Å². The maximum Gasteiger partial charge on any atom is 0.273 e. The summed E-state index contributed by atoms with van der Waals surface area (Å²) in [7, 11) is 0. The number of hydrogen-bond donors (Lipinski definition) is 2. The summed E-state index contributed by atoms with van der Waals surface area (Å²) in [5, 5.41) is 0. The summed E-state index contributed by atoms with van der Waals surface area (Å²) in [6.45, 7) is 2.62. The van der Waals surface area contributed by atoms with Crippen molar-refractivity contribution in [2.45, 2.75) is 90.6 Å². The number of amides is 2. The van der Waals surface area contributed by atoms with E-state index < -0.39 is 0 Å². The van der Waals surface area contributed by atoms with Crippen LogP contribution in [0.2, 0.25) is 0 Å². The predicted octanol–water partition coefficient (Wildman–Crippen LogP) is 6.73. The first-order chi connectivity index (χ1) is 16.2. The molecule has 0 fully saturated rings. The highest BCUT2D eigenvalue weighted by Crippen LogP contribution is 2.19. The first kappa shape index (κ1) is 26.4. The zero-order valence-corrected chi connectivity index (χ0v) is 20.1. The van der Waals surface area contributed by atoms with E-state index in [0.717, 1.165) is 18.4 Å². The van der Waals surface area contributed by atoms with E-state index in [9.17, 15) is 9.59 Å². The van der Waals surface area contributed by atoms with E-state index >= 15 is 0 Å². The average molecular weight is 453 g/mol. The van der Waals surface area contributed by atoms with Crippen LogP contribution in [0.1, 0.15) is 99.9 Å². The number of nitrogens with one attached hydrogen (secondary N) is 2. The molecule has 0 aliphatic carbocycles. The van der Waals surface area contributed by atoms with Gasteiger partial charge in [0.2, 0.25) is 5.91 Å². The number of hydrogen-bond acceptors (Lipinski definition) is 3. The number of carbonyl (C=O) groups is 2. The second kappa shape index (κ2) is 16.8. The lowest BCUT2D eigenvalue weighted by Crippen LogP contribution is -2.41. The number of benzene rings is 2. The van der Waals surface area contributed by atoms with Crippen LogP contribution in [0, 0.1) is 0 Å². The van der Waals surface area contributed by atoms with Crippen LogP contribution >= 0.6 is 0 Å². The van der Waals surface area contributed by atoms with E-state index in [-0.39, 0.29) is 11.8 Å². The van der Waals surface area contributed by atoms with Gasteiger partial charge < -0.3 is 4.74 Å². The lowest BCUT2D eigenvalue weighted by Gasteiger charge is -2.12. The summed E-state index contributed by atoms with van der Waals surface area (Å²) >= 11 is 0. The first-order valence-electron chi connectivity index (χ1n) is 12.6. The van der Waals surface area contributed by atoms with E-state index in [1.54, 1.807) is 18.2 Å². The molecular formula is C28H40N2O3. The van der Waals surface area contributed by atoms with Gasteiger partial charge in [-0.25, -0.2) is 0 Å². The fraction of sp³-hybridized carbons (Fsp3) is 0.500. The Kier molecular flexibility index (Phi) is 13.4. The Morgan fingerprint density at radius 1 is 0.697 bits per heavy atom. The fourth-order valence-corrected chi connectivity index (χ4v) is 3.72. The van der Waals surface area contributed by atoms with Gasteiger partial charge in [0.25, 0.3) is 5.91 Å². The van der Waals surface area contributed by atoms with Gasteiger partial charge in [-0.2, -0.15) is 0 Å². The van der Waals surface area contributed by atoms with Crippen molar-refractivity contribution < 1.29 is 14.3 Å². The SMILES string of the molecule is CCCCCCCCCCCCCC(=O)NNC(=O)c1ccccc1OCc1ccccc1. The minimum atomic E-state index is -0.383. The van der Waals surface area contributed by atoms with Crippen LogP contribution in [-0.2, 0) is 11.4 Å². The third-order valence-corrected chi connectivity index (χ3v) is 5.69. The molecule has 0 saturated carbocycles. The Balaban J connectivity index is 1.58. The van der Waals surface area contributed by atoms with Gasteiger partial charge in [-0.1, -0.05) is 114 Å². The highest BCUT2D eigenvalue weighted by atomic mass is 16.5. The molecule has 0 aliphatic rings. The molecule has 0 heterocycles. The number of ether oxygens (including phenoxy) is 1. The Bertz CT molecular complexity index is 808. The normalized spacial score (nSPS) is 10.6. The quantitative estimate of drug-likeness (QED) is 0.219. The number of unbranched alkanes of at least 4 members (excludes halogenated alkanes) is 10. The molecule has 180 valence electrons. The lowest BCUT2D eigenvalue weighted by molar-refractivity contribution is -0.122. The molecule has 5 nitrogen and oxygen atoms in total. The van der Waals surface area contributed by atoms with Crippen LogP contribution < -0.4 is 15.6 Å². The summed E-state index contributed by atoms with van der Waals surface area (Å²) in [6, 6.07) is 16.8. The molecule has 2 amide bonds. The highest BCUT2D eigenvalue weighted by Gasteiger charge is 2.13. The number of hydrazine groups is 1. The van der Waals surface area contributed by atoms with E-state index in [4.69, 9.17) is 4.74 Å². The maximum atomic E-state index is 12.5. The molecule has 2 aromatic carbocycles. The predicted molar refractivity (Wildman–Crippen MR) is 134 cm³/mol. The number of carbonyl (C=O) groups excluding carboxylic acids is 2. The second-order valence-electron chi connectivity index (χ2n) is 8.56. The third kappa shape index (κ3) is 11.6. The van der Waals surface area contributed by atoms with Gasteiger partial charge in [0.1, 0.15) is 12.4 Å². The fourth-order valence-electron chi connectivity index (χ4n) is 3.72. The van der Waals surface area contributed by atoms with Gasteiger partial charge in [-0.3, -0.25) is 20.4 Å². The molecular weight excluding hydrogens is 412 g/mol. The molecule has 2 rings (SSSR count).